The van der Waals surface area contributed by atoms with Gasteiger partial charge in [0.15, 0.2) is 6.10 Å². The van der Waals surface area contributed by atoms with Crippen molar-refractivity contribution < 1.29 is 28.6 Å². The van der Waals surface area contributed by atoms with Gasteiger partial charge >= 0.3 is 17.9 Å². The molecule has 0 rings (SSSR count). The number of esters is 3. The molecule has 0 N–H and O–H groups in total. The highest BCUT2D eigenvalue weighted by Gasteiger charge is 2.19. The lowest BCUT2D eigenvalue weighted by Crippen LogP contribution is -2.30. The van der Waals surface area contributed by atoms with Crippen molar-refractivity contribution in [3.63, 3.8) is 0 Å². The van der Waals surface area contributed by atoms with Crippen LogP contribution in [0.25, 0.3) is 0 Å². The average Bonchev–Trinajstić information content (AvgIpc) is 3.40. The fourth-order valence-electron chi connectivity index (χ4n) is 7.68. The molecular weight excluding hydrogens is 913 g/mol. The van der Waals surface area contributed by atoms with Crippen LogP contribution in [-0.2, 0) is 28.6 Å². The highest BCUT2D eigenvalue weighted by Crippen LogP contribution is 2.14. The van der Waals surface area contributed by atoms with Gasteiger partial charge in [0.1, 0.15) is 13.2 Å². The molecule has 6 heteroatoms. The number of unbranched alkanes of at least 4 members (excludes halogenated alkanes) is 17. The van der Waals surface area contributed by atoms with Crippen molar-refractivity contribution in [3.8, 4) is 0 Å². The van der Waals surface area contributed by atoms with Crippen molar-refractivity contribution in [2.75, 3.05) is 13.2 Å². The molecule has 1 atom stereocenters. The maximum absolute atomic E-state index is 12.9. The zero-order chi connectivity index (χ0) is 53.6. The first kappa shape index (κ1) is 69.3. The van der Waals surface area contributed by atoms with Gasteiger partial charge in [0.2, 0.25) is 0 Å². The molecular formula is C68H108O6. The molecule has 416 valence electrons. The van der Waals surface area contributed by atoms with E-state index in [4.69, 9.17) is 14.2 Å². The van der Waals surface area contributed by atoms with E-state index in [1.807, 2.05) is 0 Å². The summed E-state index contributed by atoms with van der Waals surface area (Å²) in [6.45, 7) is 6.34. The molecule has 0 spiro atoms. The Morgan fingerprint density at radius 2 is 0.527 bits per heavy atom. The Morgan fingerprint density at radius 1 is 0.284 bits per heavy atom. The Labute approximate surface area is 455 Å². The minimum absolute atomic E-state index is 0.106. The van der Waals surface area contributed by atoms with E-state index < -0.39 is 6.10 Å². The summed E-state index contributed by atoms with van der Waals surface area (Å²) in [7, 11) is 0. The van der Waals surface area contributed by atoms with Crippen LogP contribution in [0.1, 0.15) is 245 Å². The second-order valence-corrected chi connectivity index (χ2v) is 19.1. The molecule has 0 bridgehead atoms. The molecule has 6 nitrogen and oxygen atoms in total. The number of rotatable bonds is 52. The maximum atomic E-state index is 12.9. The third-order valence-electron chi connectivity index (χ3n) is 12.1. The van der Waals surface area contributed by atoms with Crippen LogP contribution in [0.3, 0.4) is 0 Å². The van der Waals surface area contributed by atoms with E-state index in [1.165, 1.54) is 57.8 Å². The summed E-state index contributed by atoms with van der Waals surface area (Å²) in [6.07, 6.45) is 87.0. The average molecular weight is 1020 g/mol. The fraction of sp³-hybridized carbons (Fsp3) is 0.603. The maximum Gasteiger partial charge on any atom is 0.306 e. The number of ether oxygens (including phenoxy) is 3. The fourth-order valence-corrected chi connectivity index (χ4v) is 7.68. The zero-order valence-electron chi connectivity index (χ0n) is 47.5. The summed E-state index contributed by atoms with van der Waals surface area (Å²) in [4.78, 5) is 38.2. The van der Waals surface area contributed by atoms with E-state index in [1.54, 1.807) is 0 Å². The van der Waals surface area contributed by atoms with Gasteiger partial charge in [-0.25, -0.2) is 0 Å². The van der Waals surface area contributed by atoms with Crippen molar-refractivity contribution in [1.29, 1.82) is 0 Å². The molecule has 1 unspecified atom stereocenters. The molecule has 0 aliphatic heterocycles. The lowest BCUT2D eigenvalue weighted by molar-refractivity contribution is -0.167. The molecule has 0 saturated heterocycles. The van der Waals surface area contributed by atoms with E-state index >= 15 is 0 Å². The zero-order valence-corrected chi connectivity index (χ0v) is 47.5. The Morgan fingerprint density at radius 3 is 0.851 bits per heavy atom. The first-order valence-electron chi connectivity index (χ1n) is 29.8. The van der Waals surface area contributed by atoms with Crippen LogP contribution in [0.5, 0.6) is 0 Å². The molecule has 0 aliphatic carbocycles. The predicted molar refractivity (Wildman–Crippen MR) is 320 cm³/mol. The van der Waals surface area contributed by atoms with Gasteiger partial charge in [0.25, 0.3) is 0 Å². The largest absolute Gasteiger partial charge is 0.462 e. The van der Waals surface area contributed by atoms with Gasteiger partial charge in [-0.05, 0) is 122 Å². The van der Waals surface area contributed by atoms with Gasteiger partial charge in [0, 0.05) is 19.3 Å². The standard InChI is InChI=1S/C68H108O6/c1-4-7-10-13-16-19-22-25-27-29-30-31-32-33-34-35-36-37-38-40-41-43-46-49-52-55-58-61-67(70)73-64-65(63-72-66(69)60-57-54-51-48-45-24-21-18-15-12-9-6-3)74-68(71)62-59-56-53-50-47-44-42-39-28-26-23-20-17-14-11-8-5-2/h7-8,10-11,16-17,19-20,25-28,30-31,33-34,36-37,40-42,44,46,49,65H,4-6,9,12-15,18,21-24,29,32,35,38-39,43,45,47-48,50-64H2,1-3H3/b10-7-,11-8-,19-16-,20-17-,27-25-,28-26-,31-30-,34-33-,37-36-,41-40-,44-42-,49-46-. The molecule has 0 heterocycles. The SMILES string of the molecule is CC/C=C\C/C=C\C/C=C\C/C=C\C/C=C\C/C=C\C/C=C\C/C=C\CCCCC(=O)OCC(COC(=O)CCCCCCCCCCCCCC)OC(=O)CCCCCC/C=C\C/C=C\C/C=C\C/C=C\CC. The molecule has 0 aromatic rings. The van der Waals surface area contributed by atoms with Crippen molar-refractivity contribution in [2.45, 2.75) is 252 Å². The lowest BCUT2D eigenvalue weighted by Gasteiger charge is -2.18. The Kier molecular flexibility index (Phi) is 57.0. The molecule has 0 radical (unpaired) electrons. The molecule has 0 amide bonds. The van der Waals surface area contributed by atoms with Crippen molar-refractivity contribution in [3.05, 3.63) is 146 Å². The predicted octanol–water partition coefficient (Wildman–Crippen LogP) is 20.4. The minimum atomic E-state index is -0.814. The van der Waals surface area contributed by atoms with Crippen LogP contribution in [0.15, 0.2) is 146 Å². The first-order valence-corrected chi connectivity index (χ1v) is 29.8. The number of hydrogen-bond donors (Lipinski definition) is 0. The number of carbonyl (C=O) groups excluding carboxylic acids is 3. The summed E-state index contributed by atoms with van der Waals surface area (Å²) in [6, 6.07) is 0. The third kappa shape index (κ3) is 58.2. The van der Waals surface area contributed by atoms with Gasteiger partial charge in [-0.3, -0.25) is 14.4 Å². The second-order valence-electron chi connectivity index (χ2n) is 19.1. The van der Waals surface area contributed by atoms with Crippen LogP contribution in [0, 0.1) is 0 Å². The normalized spacial score (nSPS) is 13.2. The quantitative estimate of drug-likeness (QED) is 0.0261. The van der Waals surface area contributed by atoms with Crippen LogP contribution in [0.2, 0.25) is 0 Å². The van der Waals surface area contributed by atoms with Crippen molar-refractivity contribution in [2.24, 2.45) is 0 Å². The van der Waals surface area contributed by atoms with E-state index in [0.29, 0.717) is 19.3 Å². The highest BCUT2D eigenvalue weighted by atomic mass is 16.6. The Bertz CT molecular complexity index is 1640. The molecule has 74 heavy (non-hydrogen) atoms. The van der Waals surface area contributed by atoms with Crippen LogP contribution in [0.4, 0.5) is 0 Å². The molecule has 0 fully saturated rings. The van der Waals surface area contributed by atoms with Crippen LogP contribution >= 0.6 is 0 Å². The second kappa shape index (κ2) is 60.8. The van der Waals surface area contributed by atoms with Gasteiger partial charge < -0.3 is 14.2 Å². The first-order chi connectivity index (χ1) is 36.5. The Hall–Kier alpha value is -4.71. The number of allylic oxidation sites excluding steroid dienone is 24. The van der Waals surface area contributed by atoms with Gasteiger partial charge in [-0.2, -0.15) is 0 Å². The van der Waals surface area contributed by atoms with Crippen LogP contribution < -0.4 is 0 Å². The topological polar surface area (TPSA) is 78.9 Å². The van der Waals surface area contributed by atoms with Crippen LogP contribution in [-0.4, -0.2) is 37.2 Å². The minimum Gasteiger partial charge on any atom is -0.462 e. The van der Waals surface area contributed by atoms with Crippen molar-refractivity contribution in [1.82, 2.24) is 0 Å². The summed E-state index contributed by atoms with van der Waals surface area (Å²) in [5.41, 5.74) is 0. The Balaban J connectivity index is 4.47. The summed E-state index contributed by atoms with van der Waals surface area (Å²) in [5.74, 6) is -0.980. The monoisotopic (exact) mass is 1020 g/mol. The molecule has 0 aliphatic rings. The summed E-state index contributed by atoms with van der Waals surface area (Å²) in [5, 5.41) is 0. The van der Waals surface area contributed by atoms with E-state index in [2.05, 4.69) is 167 Å². The number of carbonyl (C=O) groups is 3. The van der Waals surface area contributed by atoms with E-state index in [9.17, 15) is 14.4 Å². The summed E-state index contributed by atoms with van der Waals surface area (Å²) >= 11 is 0. The lowest BCUT2D eigenvalue weighted by atomic mass is 10.0. The van der Waals surface area contributed by atoms with Gasteiger partial charge in [-0.1, -0.05) is 250 Å². The molecule has 0 aromatic carbocycles. The number of hydrogen-bond acceptors (Lipinski definition) is 6. The third-order valence-corrected chi connectivity index (χ3v) is 12.1. The smallest absolute Gasteiger partial charge is 0.306 e. The van der Waals surface area contributed by atoms with Gasteiger partial charge in [0.05, 0.1) is 0 Å². The van der Waals surface area contributed by atoms with E-state index in [0.717, 1.165) is 141 Å². The highest BCUT2D eigenvalue weighted by molar-refractivity contribution is 5.71. The van der Waals surface area contributed by atoms with Gasteiger partial charge in [-0.15, -0.1) is 0 Å². The van der Waals surface area contributed by atoms with E-state index in [-0.39, 0.29) is 37.5 Å². The molecule has 0 saturated carbocycles. The summed E-state index contributed by atoms with van der Waals surface area (Å²) < 4.78 is 16.8. The van der Waals surface area contributed by atoms with Crippen molar-refractivity contribution >= 4 is 17.9 Å². The molecule has 0 aromatic heterocycles.